The molecule has 0 unspecified atom stereocenters. The third-order valence-electron chi connectivity index (χ3n) is 4.56. The minimum Gasteiger partial charge on any atom is -0.493 e. The topological polar surface area (TPSA) is 59.0 Å². The molecule has 4 rings (SSSR count). The summed E-state index contributed by atoms with van der Waals surface area (Å²) in [7, 11) is 4.08. The quantitative estimate of drug-likeness (QED) is 0.454. The van der Waals surface area contributed by atoms with Gasteiger partial charge in [-0.2, -0.15) is 0 Å². The fourth-order valence-electron chi connectivity index (χ4n) is 3.23. The largest absolute Gasteiger partial charge is 0.493 e. The van der Waals surface area contributed by atoms with Crippen LogP contribution >= 0.6 is 11.3 Å². The predicted octanol–water partition coefficient (Wildman–Crippen LogP) is 5.22. The molecular formula is C22H21NO4S. The van der Waals surface area contributed by atoms with Crippen molar-refractivity contribution in [1.29, 1.82) is 0 Å². The normalized spacial score (nSPS) is 11.8. The van der Waals surface area contributed by atoms with E-state index in [4.69, 9.17) is 9.47 Å². The molecule has 1 aliphatic heterocycles. The molecule has 2 aromatic carbocycles. The zero-order chi connectivity index (χ0) is 19.7. The molecule has 0 amide bonds. The van der Waals surface area contributed by atoms with E-state index in [0.717, 1.165) is 40.3 Å². The maximum atomic E-state index is 11.5. The lowest BCUT2D eigenvalue weighted by Crippen LogP contribution is -2.15. The Morgan fingerprint density at radius 2 is 1.89 bits per heavy atom. The molecule has 6 heteroatoms. The summed E-state index contributed by atoms with van der Waals surface area (Å²) in [6.45, 7) is 1.59. The van der Waals surface area contributed by atoms with Crippen LogP contribution in [-0.4, -0.2) is 43.2 Å². The highest BCUT2D eigenvalue weighted by Crippen LogP contribution is 2.50. The van der Waals surface area contributed by atoms with Gasteiger partial charge in [0.05, 0.1) is 6.61 Å². The van der Waals surface area contributed by atoms with E-state index in [-0.39, 0.29) is 0 Å². The number of carbonyl (C=O) groups is 1. The second-order valence-electron chi connectivity index (χ2n) is 6.92. The Balaban J connectivity index is 1.72. The summed E-state index contributed by atoms with van der Waals surface area (Å²) in [6.07, 6.45) is 0.935. The molecule has 0 spiro atoms. The Hall–Kier alpha value is -2.83. The molecule has 0 radical (unpaired) electrons. The molecule has 1 N–H and O–H groups in total. The van der Waals surface area contributed by atoms with Crippen molar-refractivity contribution in [3.8, 4) is 38.8 Å². The highest BCUT2D eigenvalue weighted by Gasteiger charge is 2.25. The van der Waals surface area contributed by atoms with Crippen LogP contribution < -0.4 is 9.47 Å². The zero-order valence-corrected chi connectivity index (χ0v) is 16.6. The highest BCUT2D eigenvalue weighted by molar-refractivity contribution is 7.18. The second-order valence-corrected chi connectivity index (χ2v) is 7.97. The number of thiophene rings is 1. The molecule has 5 nitrogen and oxygen atoms in total. The van der Waals surface area contributed by atoms with Crippen molar-refractivity contribution in [2.24, 2.45) is 0 Å². The Bertz CT molecular complexity index is 1030. The van der Waals surface area contributed by atoms with Gasteiger partial charge in [0.15, 0.2) is 0 Å². The van der Waals surface area contributed by atoms with E-state index in [1.54, 1.807) is 6.07 Å². The molecular weight excluding hydrogens is 374 g/mol. The Morgan fingerprint density at radius 3 is 2.68 bits per heavy atom. The fraction of sp³-hybridized carbons (Fsp3) is 0.227. The molecule has 144 valence electrons. The molecule has 0 bridgehead atoms. The number of carboxylic acids is 1. The first-order chi connectivity index (χ1) is 13.5. The van der Waals surface area contributed by atoms with Gasteiger partial charge in [0.1, 0.15) is 22.1 Å². The minimum atomic E-state index is -0.918. The number of carboxylic acid groups (broad SMARTS) is 1. The first-order valence-corrected chi connectivity index (χ1v) is 9.91. The first kappa shape index (κ1) is 18.5. The summed E-state index contributed by atoms with van der Waals surface area (Å²) >= 11 is 1.27. The van der Waals surface area contributed by atoms with Crippen molar-refractivity contribution in [3.63, 3.8) is 0 Å². The van der Waals surface area contributed by atoms with Crippen LogP contribution in [0, 0.1) is 0 Å². The Morgan fingerprint density at radius 1 is 1.07 bits per heavy atom. The number of ether oxygens (including phenoxy) is 2. The number of hydrogen-bond acceptors (Lipinski definition) is 5. The van der Waals surface area contributed by atoms with Gasteiger partial charge in [0.2, 0.25) is 0 Å². The van der Waals surface area contributed by atoms with Crippen molar-refractivity contribution in [2.75, 3.05) is 27.2 Å². The average Bonchev–Trinajstić information content (AvgIpc) is 3.06. The third kappa shape index (κ3) is 3.61. The maximum Gasteiger partial charge on any atom is 0.345 e. The average molecular weight is 395 g/mol. The van der Waals surface area contributed by atoms with Crippen molar-refractivity contribution < 1.29 is 19.4 Å². The van der Waals surface area contributed by atoms with Crippen molar-refractivity contribution in [3.05, 3.63) is 53.4 Å². The molecule has 1 aliphatic rings. The number of para-hydroxylation sites is 1. The third-order valence-corrected chi connectivity index (χ3v) is 5.71. The summed E-state index contributed by atoms with van der Waals surface area (Å²) in [6, 6.07) is 15.2. The molecule has 28 heavy (non-hydrogen) atoms. The smallest absolute Gasteiger partial charge is 0.345 e. The summed E-state index contributed by atoms with van der Waals surface area (Å²) in [5.74, 6) is 1.21. The van der Waals surface area contributed by atoms with Gasteiger partial charge in [-0.3, -0.25) is 0 Å². The van der Waals surface area contributed by atoms with Crippen molar-refractivity contribution in [2.45, 2.75) is 6.42 Å². The van der Waals surface area contributed by atoms with E-state index >= 15 is 0 Å². The number of rotatable bonds is 6. The zero-order valence-electron chi connectivity index (χ0n) is 15.8. The Kier molecular flexibility index (Phi) is 5.07. The molecule has 0 atom stereocenters. The van der Waals surface area contributed by atoms with E-state index in [0.29, 0.717) is 23.0 Å². The van der Waals surface area contributed by atoms with E-state index in [2.05, 4.69) is 4.90 Å². The van der Waals surface area contributed by atoms with Gasteiger partial charge in [0.25, 0.3) is 0 Å². The van der Waals surface area contributed by atoms with E-state index in [1.807, 2.05) is 56.6 Å². The number of aromatic carboxylic acids is 1. The van der Waals surface area contributed by atoms with Gasteiger partial charge in [-0.1, -0.05) is 18.2 Å². The lowest BCUT2D eigenvalue weighted by atomic mass is 10.0. The van der Waals surface area contributed by atoms with E-state index in [1.165, 1.54) is 11.3 Å². The van der Waals surface area contributed by atoms with Crippen LogP contribution in [0.25, 0.3) is 21.6 Å². The van der Waals surface area contributed by atoms with Crippen LogP contribution in [0.4, 0.5) is 0 Å². The summed E-state index contributed by atoms with van der Waals surface area (Å²) in [4.78, 5) is 14.9. The molecule has 2 heterocycles. The van der Waals surface area contributed by atoms with Crippen LogP contribution in [-0.2, 0) is 0 Å². The van der Waals surface area contributed by atoms with Gasteiger partial charge < -0.3 is 19.5 Å². The van der Waals surface area contributed by atoms with Crippen LogP contribution in [0.3, 0.4) is 0 Å². The second kappa shape index (κ2) is 7.66. The molecule has 0 fully saturated rings. The maximum absolute atomic E-state index is 11.5. The molecule has 0 saturated carbocycles. The van der Waals surface area contributed by atoms with Crippen LogP contribution in [0.1, 0.15) is 16.1 Å². The monoisotopic (exact) mass is 395 g/mol. The SMILES string of the molecule is CN(C)CCCOc1ccc2c(c1)Oc1ccccc1-c1cc(C(=O)O)sc1-2. The number of benzene rings is 2. The number of fused-ring (bicyclic) bond motifs is 5. The lowest BCUT2D eigenvalue weighted by molar-refractivity contribution is 0.0702. The van der Waals surface area contributed by atoms with Crippen LogP contribution in [0.15, 0.2) is 48.5 Å². The number of hydrogen-bond donors (Lipinski definition) is 1. The van der Waals surface area contributed by atoms with Gasteiger partial charge in [0, 0.05) is 34.2 Å². The van der Waals surface area contributed by atoms with Gasteiger partial charge in [-0.15, -0.1) is 11.3 Å². The van der Waals surface area contributed by atoms with Gasteiger partial charge in [-0.05, 0) is 44.8 Å². The summed E-state index contributed by atoms with van der Waals surface area (Å²) in [5.41, 5.74) is 2.66. The molecule has 0 aliphatic carbocycles. The highest BCUT2D eigenvalue weighted by atomic mass is 32.1. The Labute approximate surface area is 167 Å². The lowest BCUT2D eigenvalue weighted by Gasteiger charge is -2.13. The molecule has 0 saturated heterocycles. The van der Waals surface area contributed by atoms with Gasteiger partial charge in [-0.25, -0.2) is 4.79 Å². The fourth-order valence-corrected chi connectivity index (χ4v) is 4.27. The molecule has 3 aromatic rings. The van der Waals surface area contributed by atoms with Crippen LogP contribution in [0.5, 0.6) is 17.2 Å². The van der Waals surface area contributed by atoms with Crippen LogP contribution in [0.2, 0.25) is 0 Å². The standard InChI is InChI=1S/C22H21NO4S/c1-23(2)10-5-11-26-14-8-9-16-19(12-14)27-18-7-4-3-6-15(18)17-13-20(22(24)25)28-21(16)17/h3-4,6-9,12-13H,5,10-11H2,1-2H3,(H,24,25). The summed E-state index contributed by atoms with van der Waals surface area (Å²) in [5, 5.41) is 9.46. The minimum absolute atomic E-state index is 0.316. The summed E-state index contributed by atoms with van der Waals surface area (Å²) < 4.78 is 12.1. The molecule has 1 aromatic heterocycles. The van der Waals surface area contributed by atoms with E-state index in [9.17, 15) is 9.90 Å². The first-order valence-electron chi connectivity index (χ1n) is 9.09. The van der Waals surface area contributed by atoms with Crippen molar-refractivity contribution in [1.82, 2.24) is 4.90 Å². The van der Waals surface area contributed by atoms with Gasteiger partial charge >= 0.3 is 5.97 Å². The predicted molar refractivity (Wildman–Crippen MR) is 111 cm³/mol. The van der Waals surface area contributed by atoms with E-state index < -0.39 is 5.97 Å². The number of nitrogens with zero attached hydrogens (tertiary/aromatic N) is 1. The van der Waals surface area contributed by atoms with Crippen molar-refractivity contribution >= 4 is 17.3 Å².